The average molecular weight is 344 g/mol. The first-order chi connectivity index (χ1) is 12.1. The van der Waals surface area contributed by atoms with Gasteiger partial charge in [0, 0.05) is 30.6 Å². The zero-order chi connectivity index (χ0) is 18.2. The maximum Gasteiger partial charge on any atom is 0.274 e. The number of hydrogen-bond donors (Lipinski definition) is 2. The summed E-state index contributed by atoms with van der Waals surface area (Å²) in [5.74, 6) is 1.28. The first-order valence-electron chi connectivity index (χ1n) is 7.42. The average Bonchev–Trinajstić information content (AvgIpc) is 2.65. The third-order valence-corrected chi connectivity index (χ3v) is 3.22. The Balaban J connectivity index is 2.24. The van der Waals surface area contributed by atoms with Crippen LogP contribution >= 0.6 is 0 Å². The molecule has 0 bridgehead atoms. The van der Waals surface area contributed by atoms with E-state index >= 15 is 0 Å². The number of nitrogens with zero attached hydrogens (tertiary/aromatic N) is 2. The number of amides is 1. The summed E-state index contributed by atoms with van der Waals surface area (Å²) >= 11 is 0. The molecule has 25 heavy (non-hydrogen) atoms. The lowest BCUT2D eigenvalue weighted by Crippen LogP contribution is -2.15. The molecule has 0 saturated carbocycles. The molecule has 0 atom stereocenters. The van der Waals surface area contributed by atoms with Gasteiger partial charge in [-0.05, 0) is 6.07 Å². The summed E-state index contributed by atoms with van der Waals surface area (Å²) in [6, 6.07) is 4.79. The predicted octanol–water partition coefficient (Wildman–Crippen LogP) is 2.35. The predicted molar refractivity (Wildman–Crippen MR) is 94.8 cm³/mol. The lowest BCUT2D eigenvalue weighted by Gasteiger charge is -2.14. The molecule has 1 heterocycles. The van der Waals surface area contributed by atoms with Gasteiger partial charge in [-0.25, -0.2) is 9.97 Å². The number of anilines is 2. The molecule has 0 aliphatic rings. The summed E-state index contributed by atoms with van der Waals surface area (Å²) in [7, 11) is 4.52. The van der Waals surface area contributed by atoms with Crippen LogP contribution in [-0.4, -0.2) is 43.7 Å². The van der Waals surface area contributed by atoms with Gasteiger partial charge in [0.1, 0.15) is 5.69 Å². The smallest absolute Gasteiger partial charge is 0.274 e. The van der Waals surface area contributed by atoms with E-state index in [1.807, 2.05) is 0 Å². The van der Waals surface area contributed by atoms with Crippen LogP contribution in [0.1, 0.15) is 10.5 Å². The Morgan fingerprint density at radius 2 is 1.88 bits per heavy atom. The Morgan fingerprint density at radius 1 is 1.20 bits per heavy atom. The molecule has 0 aliphatic heterocycles. The fraction of sp³-hybridized carbons (Fsp3) is 0.235. The lowest BCUT2D eigenvalue weighted by atomic mass is 10.2. The fourth-order valence-electron chi connectivity index (χ4n) is 2.08. The van der Waals surface area contributed by atoms with Crippen LogP contribution in [-0.2, 0) is 0 Å². The molecule has 8 heteroatoms. The molecule has 2 rings (SSSR count). The van der Waals surface area contributed by atoms with E-state index in [1.165, 1.54) is 33.6 Å². The molecule has 2 aromatic rings. The highest BCUT2D eigenvalue weighted by atomic mass is 16.5. The standard InChI is InChI=1S/C17H20N4O4/c1-5-7-18-17-19-8-6-12(21-17)16(22)20-11-9-13(23-2)15(25-4)14(10-11)24-3/h5-6,8-10H,1,7H2,2-4H3,(H,20,22)(H,18,19,21). The first-order valence-corrected chi connectivity index (χ1v) is 7.42. The molecule has 0 radical (unpaired) electrons. The zero-order valence-corrected chi connectivity index (χ0v) is 14.3. The van der Waals surface area contributed by atoms with Gasteiger partial charge >= 0.3 is 0 Å². The fourth-order valence-corrected chi connectivity index (χ4v) is 2.08. The van der Waals surface area contributed by atoms with Gasteiger partial charge in [0.25, 0.3) is 5.91 Å². The highest BCUT2D eigenvalue weighted by Crippen LogP contribution is 2.39. The number of carbonyl (C=O) groups excluding carboxylic acids is 1. The van der Waals surface area contributed by atoms with Crippen LogP contribution in [0, 0.1) is 0 Å². The number of hydrogen-bond acceptors (Lipinski definition) is 7. The summed E-state index contributed by atoms with van der Waals surface area (Å²) < 4.78 is 15.8. The van der Waals surface area contributed by atoms with E-state index in [0.717, 1.165) is 0 Å². The molecule has 1 amide bonds. The second-order valence-corrected chi connectivity index (χ2v) is 4.80. The monoisotopic (exact) mass is 344 g/mol. The minimum atomic E-state index is -0.390. The Labute approximate surface area is 145 Å². The maximum atomic E-state index is 12.4. The molecule has 8 nitrogen and oxygen atoms in total. The minimum Gasteiger partial charge on any atom is -0.493 e. The van der Waals surface area contributed by atoms with Crippen molar-refractivity contribution in [3.8, 4) is 17.2 Å². The Morgan fingerprint density at radius 3 is 2.44 bits per heavy atom. The van der Waals surface area contributed by atoms with E-state index in [2.05, 4.69) is 27.2 Å². The molecule has 1 aromatic carbocycles. The van der Waals surface area contributed by atoms with Crippen molar-refractivity contribution in [1.82, 2.24) is 9.97 Å². The summed E-state index contributed by atoms with van der Waals surface area (Å²) in [6.45, 7) is 4.10. The molecule has 1 aromatic heterocycles. The van der Waals surface area contributed by atoms with Gasteiger partial charge in [-0.2, -0.15) is 0 Å². The highest BCUT2D eigenvalue weighted by Gasteiger charge is 2.16. The first kappa shape index (κ1) is 18.1. The molecule has 0 saturated heterocycles. The molecule has 2 N–H and O–H groups in total. The van der Waals surface area contributed by atoms with Crippen molar-refractivity contribution in [3.05, 3.63) is 42.7 Å². The summed E-state index contributed by atoms with van der Waals surface area (Å²) in [5.41, 5.74) is 0.703. The van der Waals surface area contributed by atoms with Crippen molar-refractivity contribution in [1.29, 1.82) is 0 Å². The topological polar surface area (TPSA) is 94.6 Å². The van der Waals surface area contributed by atoms with E-state index in [9.17, 15) is 4.79 Å². The molecule has 0 fully saturated rings. The van der Waals surface area contributed by atoms with Crippen molar-refractivity contribution in [2.75, 3.05) is 38.5 Å². The van der Waals surface area contributed by atoms with Gasteiger partial charge in [0.15, 0.2) is 11.5 Å². The van der Waals surface area contributed by atoms with Gasteiger partial charge < -0.3 is 24.8 Å². The van der Waals surface area contributed by atoms with Crippen LogP contribution in [0.4, 0.5) is 11.6 Å². The highest BCUT2D eigenvalue weighted by molar-refractivity contribution is 6.03. The quantitative estimate of drug-likeness (QED) is 0.710. The number of nitrogens with one attached hydrogen (secondary N) is 2. The van der Waals surface area contributed by atoms with Gasteiger partial charge in [0.2, 0.25) is 11.7 Å². The van der Waals surface area contributed by atoms with Gasteiger partial charge in [-0.3, -0.25) is 4.79 Å². The lowest BCUT2D eigenvalue weighted by molar-refractivity contribution is 0.102. The zero-order valence-electron chi connectivity index (χ0n) is 14.3. The van der Waals surface area contributed by atoms with E-state index < -0.39 is 5.91 Å². The van der Waals surface area contributed by atoms with Crippen LogP contribution in [0.2, 0.25) is 0 Å². The maximum absolute atomic E-state index is 12.4. The van der Waals surface area contributed by atoms with E-state index in [0.29, 0.717) is 35.4 Å². The van der Waals surface area contributed by atoms with Crippen LogP contribution < -0.4 is 24.8 Å². The van der Waals surface area contributed by atoms with Crippen molar-refractivity contribution >= 4 is 17.5 Å². The molecular weight excluding hydrogens is 324 g/mol. The molecule has 0 spiro atoms. The number of ether oxygens (including phenoxy) is 3. The molecule has 132 valence electrons. The summed E-state index contributed by atoms with van der Waals surface area (Å²) in [4.78, 5) is 20.6. The van der Waals surface area contributed by atoms with E-state index in [4.69, 9.17) is 14.2 Å². The van der Waals surface area contributed by atoms with Gasteiger partial charge in [-0.1, -0.05) is 6.08 Å². The number of methoxy groups -OCH3 is 3. The number of benzene rings is 1. The Bertz CT molecular complexity index is 739. The van der Waals surface area contributed by atoms with Crippen LogP contribution in [0.25, 0.3) is 0 Å². The third kappa shape index (κ3) is 4.37. The van der Waals surface area contributed by atoms with Crippen LogP contribution in [0.3, 0.4) is 0 Å². The largest absolute Gasteiger partial charge is 0.493 e. The summed E-state index contributed by atoms with van der Waals surface area (Å²) in [6.07, 6.45) is 3.18. The van der Waals surface area contributed by atoms with E-state index in [1.54, 1.807) is 18.2 Å². The van der Waals surface area contributed by atoms with Crippen LogP contribution in [0.5, 0.6) is 17.2 Å². The number of carbonyl (C=O) groups is 1. The van der Waals surface area contributed by atoms with Gasteiger partial charge in [0.05, 0.1) is 21.3 Å². The van der Waals surface area contributed by atoms with Crippen molar-refractivity contribution in [3.63, 3.8) is 0 Å². The molecular formula is C17H20N4O4. The van der Waals surface area contributed by atoms with E-state index in [-0.39, 0.29) is 5.69 Å². The minimum absolute atomic E-state index is 0.218. The van der Waals surface area contributed by atoms with Crippen molar-refractivity contribution in [2.24, 2.45) is 0 Å². The Hall–Kier alpha value is -3.29. The molecule has 0 unspecified atom stereocenters. The Kier molecular flexibility index (Phi) is 6.16. The number of aromatic nitrogens is 2. The second kappa shape index (κ2) is 8.53. The molecule has 0 aliphatic carbocycles. The van der Waals surface area contributed by atoms with Gasteiger partial charge in [-0.15, -0.1) is 6.58 Å². The summed E-state index contributed by atoms with van der Waals surface area (Å²) in [5, 5.41) is 5.68. The van der Waals surface area contributed by atoms with Crippen molar-refractivity contribution < 1.29 is 19.0 Å². The van der Waals surface area contributed by atoms with Crippen molar-refractivity contribution in [2.45, 2.75) is 0 Å². The normalized spacial score (nSPS) is 9.88. The number of rotatable bonds is 8. The SMILES string of the molecule is C=CCNc1nccc(C(=O)Nc2cc(OC)c(OC)c(OC)c2)n1. The van der Waals surface area contributed by atoms with Crippen LogP contribution in [0.15, 0.2) is 37.1 Å². The second-order valence-electron chi connectivity index (χ2n) is 4.80. The third-order valence-electron chi connectivity index (χ3n) is 3.22.